The smallest absolute Gasteiger partial charge is 0.118 e. The van der Waals surface area contributed by atoms with Gasteiger partial charge in [-0.3, -0.25) is 0 Å². The van der Waals surface area contributed by atoms with E-state index >= 15 is 0 Å². The standard InChI is InChI=1S/C18H19Cl2NO/c1-22-15-9-7-13(8-10-15)18(12-5-6-12)21-11-14-3-2-4-16(19)17(14)20/h2-4,7-10,12,18,21H,5-6,11H2,1H3. The lowest BCUT2D eigenvalue weighted by molar-refractivity contribution is 0.413. The van der Waals surface area contributed by atoms with E-state index < -0.39 is 0 Å². The van der Waals surface area contributed by atoms with Crippen LogP contribution in [0.15, 0.2) is 42.5 Å². The summed E-state index contributed by atoms with van der Waals surface area (Å²) in [6.45, 7) is 0.715. The lowest BCUT2D eigenvalue weighted by atomic mass is 10.0. The van der Waals surface area contributed by atoms with Gasteiger partial charge < -0.3 is 10.1 Å². The van der Waals surface area contributed by atoms with Gasteiger partial charge in [-0.15, -0.1) is 0 Å². The van der Waals surface area contributed by atoms with Crippen molar-refractivity contribution in [2.24, 2.45) is 5.92 Å². The lowest BCUT2D eigenvalue weighted by Crippen LogP contribution is -2.22. The molecule has 1 aliphatic carbocycles. The van der Waals surface area contributed by atoms with Gasteiger partial charge in [-0.25, -0.2) is 0 Å². The zero-order valence-electron chi connectivity index (χ0n) is 12.5. The molecule has 1 N–H and O–H groups in total. The van der Waals surface area contributed by atoms with Crippen LogP contribution in [0.5, 0.6) is 5.75 Å². The molecule has 0 aliphatic heterocycles. The summed E-state index contributed by atoms with van der Waals surface area (Å²) in [4.78, 5) is 0. The highest BCUT2D eigenvalue weighted by molar-refractivity contribution is 6.42. The van der Waals surface area contributed by atoms with Crippen molar-refractivity contribution in [3.05, 3.63) is 63.6 Å². The predicted molar refractivity (Wildman–Crippen MR) is 91.8 cm³/mol. The van der Waals surface area contributed by atoms with Crippen LogP contribution in [0.2, 0.25) is 10.0 Å². The molecule has 22 heavy (non-hydrogen) atoms. The molecule has 0 aromatic heterocycles. The number of benzene rings is 2. The molecule has 0 heterocycles. The summed E-state index contributed by atoms with van der Waals surface area (Å²) in [5, 5.41) is 4.88. The third-order valence-corrected chi connectivity index (χ3v) is 4.97. The molecule has 0 bridgehead atoms. The molecule has 1 atom stereocenters. The van der Waals surface area contributed by atoms with E-state index in [4.69, 9.17) is 27.9 Å². The van der Waals surface area contributed by atoms with Crippen molar-refractivity contribution in [2.45, 2.75) is 25.4 Å². The first kappa shape index (κ1) is 15.7. The van der Waals surface area contributed by atoms with Gasteiger partial charge in [0, 0.05) is 12.6 Å². The van der Waals surface area contributed by atoms with Gasteiger partial charge in [-0.1, -0.05) is 47.5 Å². The molecular weight excluding hydrogens is 317 g/mol. The Labute approximate surface area is 141 Å². The fourth-order valence-electron chi connectivity index (χ4n) is 2.70. The maximum absolute atomic E-state index is 6.27. The Morgan fingerprint density at radius 1 is 1.14 bits per heavy atom. The minimum atomic E-state index is 0.348. The molecule has 1 saturated carbocycles. The van der Waals surface area contributed by atoms with E-state index in [-0.39, 0.29) is 0 Å². The fraction of sp³-hybridized carbons (Fsp3) is 0.333. The summed E-state index contributed by atoms with van der Waals surface area (Å²) in [7, 11) is 1.69. The maximum Gasteiger partial charge on any atom is 0.118 e. The third kappa shape index (κ3) is 3.57. The Balaban J connectivity index is 1.73. The highest BCUT2D eigenvalue weighted by atomic mass is 35.5. The van der Waals surface area contributed by atoms with Gasteiger partial charge >= 0.3 is 0 Å². The second-order valence-corrected chi connectivity index (χ2v) is 6.47. The number of ether oxygens (including phenoxy) is 1. The summed E-state index contributed by atoms with van der Waals surface area (Å²) in [5.41, 5.74) is 2.33. The number of rotatable bonds is 6. The Kier molecular flexibility index (Phi) is 4.92. The Bertz CT molecular complexity index is 638. The van der Waals surface area contributed by atoms with Gasteiger partial charge in [0.1, 0.15) is 5.75 Å². The van der Waals surface area contributed by atoms with Gasteiger partial charge in [0.05, 0.1) is 17.2 Å². The van der Waals surface area contributed by atoms with Crippen molar-refractivity contribution >= 4 is 23.2 Å². The molecule has 116 valence electrons. The molecule has 2 aromatic carbocycles. The number of nitrogens with one attached hydrogen (secondary N) is 1. The van der Waals surface area contributed by atoms with Crippen molar-refractivity contribution in [1.82, 2.24) is 5.32 Å². The number of hydrogen-bond donors (Lipinski definition) is 1. The van der Waals surface area contributed by atoms with Gasteiger partial charge in [0.15, 0.2) is 0 Å². The van der Waals surface area contributed by atoms with Crippen LogP contribution in [0.4, 0.5) is 0 Å². The molecular formula is C18H19Cl2NO. The van der Waals surface area contributed by atoms with Crippen molar-refractivity contribution in [1.29, 1.82) is 0 Å². The van der Waals surface area contributed by atoms with Gasteiger partial charge in [0.25, 0.3) is 0 Å². The van der Waals surface area contributed by atoms with Gasteiger partial charge in [0.2, 0.25) is 0 Å². The molecule has 1 fully saturated rings. The average molecular weight is 336 g/mol. The van der Waals surface area contributed by atoms with E-state index in [0.29, 0.717) is 28.5 Å². The summed E-state index contributed by atoms with van der Waals surface area (Å²) in [6, 6.07) is 14.4. The van der Waals surface area contributed by atoms with Crippen molar-refractivity contribution < 1.29 is 4.74 Å². The van der Waals surface area contributed by atoms with Crippen molar-refractivity contribution in [3.63, 3.8) is 0 Å². The highest BCUT2D eigenvalue weighted by Crippen LogP contribution is 2.41. The molecule has 1 aliphatic rings. The van der Waals surface area contributed by atoms with Crippen LogP contribution in [-0.4, -0.2) is 7.11 Å². The average Bonchev–Trinajstić information content (AvgIpc) is 3.37. The molecule has 3 rings (SSSR count). The minimum absolute atomic E-state index is 0.348. The van der Waals surface area contributed by atoms with Crippen LogP contribution < -0.4 is 10.1 Å². The zero-order chi connectivity index (χ0) is 15.5. The van der Waals surface area contributed by atoms with Crippen LogP contribution in [0, 0.1) is 5.92 Å². The molecule has 1 unspecified atom stereocenters. The summed E-state index contributed by atoms with van der Waals surface area (Å²) in [6.07, 6.45) is 2.54. The summed E-state index contributed by atoms with van der Waals surface area (Å²) >= 11 is 12.3. The second kappa shape index (κ2) is 6.91. The Morgan fingerprint density at radius 2 is 1.86 bits per heavy atom. The second-order valence-electron chi connectivity index (χ2n) is 5.68. The zero-order valence-corrected chi connectivity index (χ0v) is 14.0. The van der Waals surface area contributed by atoms with Gasteiger partial charge in [-0.2, -0.15) is 0 Å². The first-order chi connectivity index (χ1) is 10.7. The monoisotopic (exact) mass is 335 g/mol. The van der Waals surface area contributed by atoms with Gasteiger partial charge in [-0.05, 0) is 48.1 Å². The van der Waals surface area contributed by atoms with Crippen LogP contribution in [-0.2, 0) is 6.54 Å². The number of methoxy groups -OCH3 is 1. The van der Waals surface area contributed by atoms with E-state index in [9.17, 15) is 0 Å². The first-order valence-corrected chi connectivity index (χ1v) is 8.25. The van der Waals surface area contributed by atoms with E-state index in [0.717, 1.165) is 11.3 Å². The molecule has 2 nitrogen and oxygen atoms in total. The van der Waals surface area contributed by atoms with Crippen LogP contribution in [0.1, 0.15) is 30.0 Å². The maximum atomic E-state index is 6.27. The molecule has 0 amide bonds. The van der Waals surface area contributed by atoms with Crippen LogP contribution >= 0.6 is 23.2 Å². The molecule has 0 radical (unpaired) electrons. The molecule has 0 saturated heterocycles. The normalized spacial score (nSPS) is 15.6. The number of hydrogen-bond acceptors (Lipinski definition) is 2. The predicted octanol–water partition coefficient (Wildman–Crippen LogP) is 5.24. The van der Waals surface area contributed by atoms with E-state index in [1.54, 1.807) is 7.11 Å². The van der Waals surface area contributed by atoms with Crippen LogP contribution in [0.3, 0.4) is 0 Å². The SMILES string of the molecule is COc1ccc(C(NCc2cccc(Cl)c2Cl)C2CC2)cc1. The Hall–Kier alpha value is -1.22. The van der Waals surface area contributed by atoms with E-state index in [1.807, 2.05) is 30.3 Å². The summed E-state index contributed by atoms with van der Waals surface area (Å²) in [5.74, 6) is 1.59. The first-order valence-electron chi connectivity index (χ1n) is 7.49. The minimum Gasteiger partial charge on any atom is -0.497 e. The molecule has 4 heteroatoms. The largest absolute Gasteiger partial charge is 0.497 e. The van der Waals surface area contributed by atoms with E-state index in [2.05, 4.69) is 17.4 Å². The van der Waals surface area contributed by atoms with Crippen molar-refractivity contribution in [2.75, 3.05) is 7.11 Å². The van der Waals surface area contributed by atoms with Crippen molar-refractivity contribution in [3.8, 4) is 5.75 Å². The topological polar surface area (TPSA) is 21.3 Å². The summed E-state index contributed by atoms with van der Waals surface area (Å²) < 4.78 is 5.23. The molecule has 2 aromatic rings. The number of halogens is 2. The quantitative estimate of drug-likeness (QED) is 0.779. The fourth-order valence-corrected chi connectivity index (χ4v) is 3.09. The Morgan fingerprint density at radius 3 is 2.50 bits per heavy atom. The van der Waals surface area contributed by atoms with E-state index in [1.165, 1.54) is 18.4 Å². The van der Waals surface area contributed by atoms with Crippen LogP contribution in [0.25, 0.3) is 0 Å². The third-order valence-electron chi connectivity index (χ3n) is 4.11. The highest BCUT2D eigenvalue weighted by Gasteiger charge is 2.32. The molecule has 0 spiro atoms. The lowest BCUT2D eigenvalue weighted by Gasteiger charge is -2.20.